The summed E-state index contributed by atoms with van der Waals surface area (Å²) in [6.07, 6.45) is 0.752. The lowest BCUT2D eigenvalue weighted by molar-refractivity contribution is -0.123. The summed E-state index contributed by atoms with van der Waals surface area (Å²) < 4.78 is 22.6. The maximum Gasteiger partial charge on any atom is 0.408 e. The van der Waals surface area contributed by atoms with Crippen molar-refractivity contribution in [2.24, 2.45) is 0 Å². The van der Waals surface area contributed by atoms with Crippen molar-refractivity contribution in [2.45, 2.75) is 59.2 Å². The number of nitrogens with one attached hydrogen (secondary N) is 2. The second kappa shape index (κ2) is 10.5. The second-order valence-corrected chi connectivity index (χ2v) is 9.36. The highest BCUT2D eigenvalue weighted by Gasteiger charge is 2.26. The molecule has 0 aliphatic carbocycles. The molecular formula is C20H32N2O5S. The van der Waals surface area contributed by atoms with E-state index in [1.807, 2.05) is 32.0 Å². The molecule has 158 valence electrons. The van der Waals surface area contributed by atoms with E-state index in [4.69, 9.17) is 9.47 Å². The van der Waals surface area contributed by atoms with Gasteiger partial charge in [0.05, 0.1) is 11.8 Å². The van der Waals surface area contributed by atoms with Gasteiger partial charge in [-0.05, 0) is 52.7 Å². The molecule has 0 saturated heterocycles. The molecule has 0 saturated carbocycles. The number of aryl methyl sites for hydroxylation is 2. The molecule has 7 nitrogen and oxygen atoms in total. The molecular weight excluding hydrogens is 380 g/mol. The van der Waals surface area contributed by atoms with E-state index < -0.39 is 34.4 Å². The van der Waals surface area contributed by atoms with Gasteiger partial charge in [0.15, 0.2) is 0 Å². The molecule has 1 rings (SSSR count). The first-order valence-corrected chi connectivity index (χ1v) is 10.9. The maximum atomic E-state index is 12.6. The van der Waals surface area contributed by atoms with Gasteiger partial charge >= 0.3 is 6.09 Å². The van der Waals surface area contributed by atoms with Crippen LogP contribution < -0.4 is 15.4 Å². The molecule has 2 amide bonds. The summed E-state index contributed by atoms with van der Waals surface area (Å²) in [4.78, 5) is 24.6. The number of carbonyl (C=O) groups is 2. The minimum absolute atomic E-state index is 0.00441. The van der Waals surface area contributed by atoms with Gasteiger partial charge in [0.1, 0.15) is 24.0 Å². The molecule has 8 heteroatoms. The molecule has 1 aromatic rings. The predicted octanol–water partition coefficient (Wildman–Crippen LogP) is 2.46. The van der Waals surface area contributed by atoms with Crippen LogP contribution >= 0.6 is 0 Å². The predicted molar refractivity (Wildman–Crippen MR) is 111 cm³/mol. The normalized spacial score (nSPS) is 14.5. The molecule has 0 aromatic heterocycles. The Morgan fingerprint density at radius 1 is 1.14 bits per heavy atom. The van der Waals surface area contributed by atoms with E-state index in [2.05, 4.69) is 10.6 Å². The Bertz CT molecular complexity index is 695. The van der Waals surface area contributed by atoms with Crippen molar-refractivity contribution in [3.8, 4) is 5.75 Å². The Kier molecular flexibility index (Phi) is 8.94. The molecule has 0 spiro atoms. The van der Waals surface area contributed by atoms with Gasteiger partial charge in [-0.25, -0.2) is 4.79 Å². The minimum Gasteiger partial charge on any atom is -0.491 e. The molecule has 0 radical (unpaired) electrons. The zero-order chi connectivity index (χ0) is 21.5. The van der Waals surface area contributed by atoms with Crippen LogP contribution in [0.25, 0.3) is 0 Å². The standard InChI is InChI=1S/C20H32N2O5S/c1-13-9-8-10-14(2)17(13)26-11-15(3)21-18(23)16(12-28(7)25)22-19(24)27-20(4,5)6/h8-10,15-16H,11-12H2,1-7H3,(H,21,23)(H,22,24). The van der Waals surface area contributed by atoms with E-state index in [9.17, 15) is 13.8 Å². The smallest absolute Gasteiger partial charge is 0.408 e. The molecule has 3 unspecified atom stereocenters. The Morgan fingerprint density at radius 2 is 1.71 bits per heavy atom. The van der Waals surface area contributed by atoms with Crippen molar-refractivity contribution < 1.29 is 23.3 Å². The van der Waals surface area contributed by atoms with Crippen molar-refractivity contribution in [3.05, 3.63) is 29.3 Å². The van der Waals surface area contributed by atoms with E-state index in [0.717, 1.165) is 16.9 Å². The largest absolute Gasteiger partial charge is 0.491 e. The van der Waals surface area contributed by atoms with Crippen molar-refractivity contribution in [1.29, 1.82) is 0 Å². The minimum atomic E-state index is -1.27. The van der Waals surface area contributed by atoms with Gasteiger partial charge in [-0.15, -0.1) is 0 Å². The fourth-order valence-corrected chi connectivity index (χ4v) is 3.19. The Labute approximate surface area is 170 Å². The summed E-state index contributed by atoms with van der Waals surface area (Å²) in [6, 6.07) is 4.62. The SMILES string of the molecule is Cc1cccc(C)c1OCC(C)NC(=O)C(CS(C)=O)NC(=O)OC(C)(C)C. The summed E-state index contributed by atoms with van der Waals surface area (Å²) in [7, 11) is -1.27. The van der Waals surface area contributed by atoms with Crippen LogP contribution in [0.5, 0.6) is 5.75 Å². The third-order valence-corrected chi connectivity index (χ3v) is 4.49. The monoisotopic (exact) mass is 412 g/mol. The first kappa shape index (κ1) is 23.9. The average molecular weight is 413 g/mol. The molecule has 0 bridgehead atoms. The quantitative estimate of drug-likeness (QED) is 0.684. The van der Waals surface area contributed by atoms with Crippen LogP contribution in [0, 0.1) is 13.8 Å². The van der Waals surface area contributed by atoms with Crippen LogP contribution in [-0.2, 0) is 20.3 Å². The van der Waals surface area contributed by atoms with Crippen molar-refractivity contribution in [1.82, 2.24) is 10.6 Å². The van der Waals surface area contributed by atoms with Crippen LogP contribution in [0.3, 0.4) is 0 Å². The van der Waals surface area contributed by atoms with Gasteiger partial charge in [-0.1, -0.05) is 18.2 Å². The van der Waals surface area contributed by atoms with Crippen molar-refractivity contribution in [2.75, 3.05) is 18.6 Å². The van der Waals surface area contributed by atoms with Crippen LogP contribution in [0.4, 0.5) is 4.79 Å². The number of hydrogen-bond acceptors (Lipinski definition) is 5. The number of ether oxygens (including phenoxy) is 2. The van der Waals surface area contributed by atoms with Crippen LogP contribution in [0.15, 0.2) is 18.2 Å². The highest BCUT2D eigenvalue weighted by molar-refractivity contribution is 7.84. The lowest BCUT2D eigenvalue weighted by Gasteiger charge is -2.24. The number of alkyl carbamates (subject to hydrolysis) is 1. The molecule has 0 aliphatic rings. The first-order chi connectivity index (χ1) is 12.9. The summed E-state index contributed by atoms with van der Waals surface area (Å²) in [5, 5.41) is 5.29. The number of benzene rings is 1. The molecule has 3 atom stereocenters. The van der Waals surface area contributed by atoms with Crippen LogP contribution in [0.1, 0.15) is 38.8 Å². The molecule has 0 aliphatic heterocycles. The van der Waals surface area contributed by atoms with Gasteiger partial charge in [-0.3, -0.25) is 9.00 Å². The Hall–Kier alpha value is -2.09. The van der Waals surface area contributed by atoms with Gasteiger partial charge in [0, 0.05) is 17.1 Å². The van der Waals surface area contributed by atoms with Crippen molar-refractivity contribution >= 4 is 22.8 Å². The highest BCUT2D eigenvalue weighted by atomic mass is 32.2. The van der Waals surface area contributed by atoms with E-state index in [1.165, 1.54) is 6.26 Å². The molecule has 28 heavy (non-hydrogen) atoms. The first-order valence-electron chi connectivity index (χ1n) is 9.18. The molecule has 1 aromatic carbocycles. The van der Waals surface area contributed by atoms with E-state index >= 15 is 0 Å². The zero-order valence-electron chi connectivity index (χ0n) is 17.8. The second-order valence-electron chi connectivity index (χ2n) is 7.88. The van der Waals surface area contributed by atoms with E-state index in [1.54, 1.807) is 27.7 Å². The highest BCUT2D eigenvalue weighted by Crippen LogP contribution is 2.22. The topological polar surface area (TPSA) is 93.7 Å². The van der Waals surface area contributed by atoms with Gasteiger partial charge in [0.2, 0.25) is 5.91 Å². The summed E-state index contributed by atoms with van der Waals surface area (Å²) in [5.74, 6) is 0.357. The molecule has 2 N–H and O–H groups in total. The average Bonchev–Trinajstić information content (AvgIpc) is 2.51. The number of rotatable bonds is 8. The summed E-state index contributed by atoms with van der Waals surface area (Å²) >= 11 is 0. The lowest BCUT2D eigenvalue weighted by Crippen LogP contribution is -2.53. The third-order valence-electron chi connectivity index (χ3n) is 3.68. The van der Waals surface area contributed by atoms with Gasteiger partial charge in [-0.2, -0.15) is 0 Å². The fraction of sp³-hybridized carbons (Fsp3) is 0.600. The maximum absolute atomic E-state index is 12.6. The third kappa shape index (κ3) is 8.73. The van der Waals surface area contributed by atoms with Crippen LogP contribution in [0.2, 0.25) is 0 Å². The molecule has 0 fully saturated rings. The van der Waals surface area contributed by atoms with Crippen LogP contribution in [-0.4, -0.2) is 52.5 Å². The Balaban J connectivity index is 2.67. The van der Waals surface area contributed by atoms with Crippen molar-refractivity contribution in [3.63, 3.8) is 0 Å². The molecule has 0 heterocycles. The van der Waals surface area contributed by atoms with Gasteiger partial charge < -0.3 is 20.1 Å². The number of para-hydroxylation sites is 1. The summed E-state index contributed by atoms with van der Waals surface area (Å²) in [5.41, 5.74) is 1.34. The van der Waals surface area contributed by atoms with Gasteiger partial charge in [0.25, 0.3) is 0 Å². The number of hydrogen-bond donors (Lipinski definition) is 2. The summed E-state index contributed by atoms with van der Waals surface area (Å²) in [6.45, 7) is 11.2. The van der Waals surface area contributed by atoms with E-state index in [0.29, 0.717) is 0 Å². The zero-order valence-corrected chi connectivity index (χ0v) is 18.6. The number of carbonyl (C=O) groups excluding carboxylic acids is 2. The fourth-order valence-electron chi connectivity index (χ4n) is 2.49. The number of amides is 2. The van der Waals surface area contributed by atoms with E-state index in [-0.39, 0.29) is 18.4 Å². The Morgan fingerprint density at radius 3 is 2.21 bits per heavy atom. The lowest BCUT2D eigenvalue weighted by atomic mass is 10.1.